The summed E-state index contributed by atoms with van der Waals surface area (Å²) in [5.41, 5.74) is 2.64. The number of sulfone groups is 1. The van der Waals surface area contributed by atoms with E-state index < -0.39 is 26.2 Å². The van der Waals surface area contributed by atoms with E-state index in [0.717, 1.165) is 12.7 Å². The molecule has 10 heteroatoms. The lowest BCUT2D eigenvalue weighted by molar-refractivity contribution is -0.131. The number of carbonyl (C=O) groups is 1. The molecule has 3 rings (SSSR count). The molecule has 31 heavy (non-hydrogen) atoms. The monoisotopic (exact) mass is 446 g/mol. The average Bonchev–Trinajstić information content (AvgIpc) is 3.41. The first-order chi connectivity index (χ1) is 14.6. The molecular weight excluding hydrogens is 424 g/mol. The zero-order valence-electron chi connectivity index (χ0n) is 17.0. The van der Waals surface area contributed by atoms with Crippen LogP contribution in [0.2, 0.25) is 0 Å². The first-order valence-electron chi connectivity index (χ1n) is 9.50. The molecule has 1 unspecified atom stereocenters. The van der Waals surface area contributed by atoms with Crippen molar-refractivity contribution < 1.29 is 27.9 Å². The van der Waals surface area contributed by atoms with E-state index in [-0.39, 0.29) is 37.0 Å². The Hall–Kier alpha value is -3.05. The molecule has 3 atom stereocenters. The van der Waals surface area contributed by atoms with Crippen molar-refractivity contribution in [3.63, 3.8) is 0 Å². The predicted octanol–water partition coefficient (Wildman–Crippen LogP) is 0.277. The summed E-state index contributed by atoms with van der Waals surface area (Å²) < 4.78 is 28.7. The summed E-state index contributed by atoms with van der Waals surface area (Å²) in [4.78, 5) is 24.2. The largest absolute Gasteiger partial charge is 0.419 e. The number of aromatic nitrogens is 1. The number of nitrogens with one attached hydrogen (secondary N) is 1. The van der Waals surface area contributed by atoms with Crippen LogP contribution >= 0.6 is 0 Å². The number of hydrogen-bond donors (Lipinski definition) is 3. The van der Waals surface area contributed by atoms with Gasteiger partial charge in [0.1, 0.15) is 0 Å². The van der Waals surface area contributed by atoms with Crippen LogP contribution in [0.3, 0.4) is 0 Å². The Bertz CT molecular complexity index is 1300. The maximum Gasteiger partial charge on any atom is 0.419 e. The SMILES string of the molecule is CC(CCn1c(=O)oc2cc(C#CC#C[C@H]3C[C@@H]3CO)ccc21)(C(=O)NO)S(C)(=O)=O. The summed E-state index contributed by atoms with van der Waals surface area (Å²) >= 11 is 0. The van der Waals surface area contributed by atoms with Gasteiger partial charge in [-0.05, 0) is 55.7 Å². The number of hydroxylamine groups is 1. The van der Waals surface area contributed by atoms with Gasteiger partial charge >= 0.3 is 5.76 Å². The zero-order chi connectivity index (χ0) is 22.8. The molecule has 3 N–H and O–H groups in total. The van der Waals surface area contributed by atoms with E-state index >= 15 is 0 Å². The fourth-order valence-corrected chi connectivity index (χ4v) is 3.97. The number of aryl methyl sites for hydroxylation is 1. The summed E-state index contributed by atoms with van der Waals surface area (Å²) in [6, 6.07) is 4.86. The lowest BCUT2D eigenvalue weighted by Gasteiger charge is -2.24. The average molecular weight is 446 g/mol. The number of benzene rings is 1. The van der Waals surface area contributed by atoms with Crippen LogP contribution in [0.5, 0.6) is 0 Å². The highest BCUT2D eigenvalue weighted by Crippen LogP contribution is 2.36. The maximum absolute atomic E-state index is 12.3. The summed E-state index contributed by atoms with van der Waals surface area (Å²) in [5, 5.41) is 17.9. The molecule has 1 heterocycles. The minimum absolute atomic E-state index is 0.118. The lowest BCUT2D eigenvalue weighted by Crippen LogP contribution is -2.49. The molecule has 0 aliphatic heterocycles. The minimum atomic E-state index is -3.88. The molecule has 0 radical (unpaired) electrons. The minimum Gasteiger partial charge on any atom is -0.408 e. The van der Waals surface area contributed by atoms with Crippen molar-refractivity contribution in [2.75, 3.05) is 12.9 Å². The zero-order valence-corrected chi connectivity index (χ0v) is 17.8. The van der Waals surface area contributed by atoms with Gasteiger partial charge in [-0.1, -0.05) is 11.8 Å². The molecule has 0 saturated heterocycles. The molecule has 1 fully saturated rings. The highest BCUT2D eigenvalue weighted by atomic mass is 32.2. The first kappa shape index (κ1) is 22.6. The number of aliphatic hydroxyl groups is 1. The van der Waals surface area contributed by atoms with E-state index in [1.807, 2.05) is 0 Å². The van der Waals surface area contributed by atoms with E-state index in [1.54, 1.807) is 18.2 Å². The fraction of sp³-hybridized carbons (Fsp3) is 0.429. The van der Waals surface area contributed by atoms with Gasteiger partial charge in [-0.2, -0.15) is 0 Å². The molecule has 9 nitrogen and oxygen atoms in total. The van der Waals surface area contributed by atoms with Crippen LogP contribution < -0.4 is 11.2 Å². The number of oxazole rings is 1. The number of nitrogens with zero attached hydrogens (tertiary/aromatic N) is 1. The quantitative estimate of drug-likeness (QED) is 0.329. The van der Waals surface area contributed by atoms with Crippen LogP contribution in [-0.2, 0) is 21.2 Å². The Kier molecular flexibility index (Phi) is 6.27. The van der Waals surface area contributed by atoms with Gasteiger partial charge in [-0.25, -0.2) is 18.7 Å². The summed E-state index contributed by atoms with van der Waals surface area (Å²) in [5.74, 6) is 9.98. The Morgan fingerprint density at radius 2 is 2.13 bits per heavy atom. The van der Waals surface area contributed by atoms with Crippen LogP contribution in [0.15, 0.2) is 27.4 Å². The summed E-state index contributed by atoms with van der Waals surface area (Å²) in [6.07, 6.45) is 1.52. The fourth-order valence-electron chi connectivity index (χ4n) is 3.12. The first-order valence-corrected chi connectivity index (χ1v) is 11.4. The Balaban J connectivity index is 1.81. The van der Waals surface area contributed by atoms with Crippen molar-refractivity contribution in [3.05, 3.63) is 34.3 Å². The van der Waals surface area contributed by atoms with Crippen molar-refractivity contribution in [1.29, 1.82) is 0 Å². The van der Waals surface area contributed by atoms with Gasteiger partial charge in [-0.15, -0.1) is 0 Å². The van der Waals surface area contributed by atoms with Gasteiger partial charge in [0.2, 0.25) is 0 Å². The molecule has 1 aromatic heterocycles. The summed E-state index contributed by atoms with van der Waals surface area (Å²) in [7, 11) is -3.88. The topological polar surface area (TPSA) is 139 Å². The highest BCUT2D eigenvalue weighted by molar-refractivity contribution is 7.92. The molecule has 164 valence electrons. The number of rotatable bonds is 6. The van der Waals surface area contributed by atoms with Crippen LogP contribution in [0.25, 0.3) is 11.1 Å². The molecular formula is C21H22N2O7S. The smallest absolute Gasteiger partial charge is 0.408 e. The van der Waals surface area contributed by atoms with Crippen LogP contribution in [-0.4, -0.2) is 46.8 Å². The van der Waals surface area contributed by atoms with Crippen molar-refractivity contribution in [3.8, 4) is 23.7 Å². The normalized spacial score (nSPS) is 19.5. The molecule has 0 bridgehead atoms. The van der Waals surface area contributed by atoms with Gasteiger partial charge in [0.05, 0.1) is 5.52 Å². The molecule has 1 amide bonds. The lowest BCUT2D eigenvalue weighted by atomic mass is 10.1. The third-order valence-corrected chi connectivity index (χ3v) is 7.59. The third-order valence-electron chi connectivity index (χ3n) is 5.56. The Morgan fingerprint density at radius 3 is 2.74 bits per heavy atom. The Morgan fingerprint density at radius 1 is 1.39 bits per heavy atom. The van der Waals surface area contributed by atoms with E-state index in [2.05, 4.69) is 23.7 Å². The van der Waals surface area contributed by atoms with Crippen molar-refractivity contribution in [1.82, 2.24) is 10.0 Å². The molecule has 1 aliphatic carbocycles. The van der Waals surface area contributed by atoms with Gasteiger partial charge in [-0.3, -0.25) is 14.6 Å². The maximum atomic E-state index is 12.3. The number of fused-ring (bicyclic) bond motifs is 1. The second kappa shape index (κ2) is 8.60. The van der Waals surface area contributed by atoms with E-state index in [1.165, 1.54) is 17.0 Å². The number of hydrogen-bond acceptors (Lipinski definition) is 7. The van der Waals surface area contributed by atoms with Crippen molar-refractivity contribution in [2.24, 2.45) is 11.8 Å². The van der Waals surface area contributed by atoms with Gasteiger partial charge in [0.25, 0.3) is 5.91 Å². The molecule has 1 aromatic carbocycles. The molecule has 2 aromatic rings. The second-order valence-electron chi connectivity index (χ2n) is 7.70. The Labute approximate surface area is 178 Å². The van der Waals surface area contributed by atoms with Crippen LogP contribution in [0.4, 0.5) is 0 Å². The van der Waals surface area contributed by atoms with Gasteiger partial charge in [0, 0.05) is 30.9 Å². The van der Waals surface area contributed by atoms with Gasteiger partial charge < -0.3 is 9.52 Å². The van der Waals surface area contributed by atoms with E-state index in [9.17, 15) is 18.0 Å². The van der Waals surface area contributed by atoms with E-state index in [4.69, 9.17) is 14.7 Å². The molecule has 0 spiro atoms. The van der Waals surface area contributed by atoms with Crippen molar-refractivity contribution >= 4 is 26.8 Å². The summed E-state index contributed by atoms with van der Waals surface area (Å²) in [6.45, 7) is 1.19. The number of aliphatic hydroxyl groups excluding tert-OH is 1. The molecule has 1 aliphatic rings. The van der Waals surface area contributed by atoms with Crippen LogP contribution in [0.1, 0.15) is 25.3 Å². The van der Waals surface area contributed by atoms with Crippen LogP contribution in [0, 0.1) is 35.5 Å². The molecule has 1 saturated carbocycles. The predicted molar refractivity (Wildman–Crippen MR) is 112 cm³/mol. The number of amides is 1. The second-order valence-corrected chi connectivity index (χ2v) is 10.1. The highest BCUT2D eigenvalue weighted by Gasteiger charge is 2.43. The third kappa shape index (κ3) is 4.67. The van der Waals surface area contributed by atoms with E-state index in [0.29, 0.717) is 11.1 Å². The van der Waals surface area contributed by atoms with Crippen molar-refractivity contribution in [2.45, 2.75) is 31.1 Å². The standard InChI is InChI=1S/C21H22N2O7S/c1-21(19(25)22-27,31(2,28)29)9-10-23-17-8-7-14(11-18(17)30-20(23)26)5-3-4-6-15-12-16(15)13-24/h7-8,11,15-16,24,27H,9-10,12-13H2,1-2H3,(H,22,25)/t15-,16+,21?/m0/s1. The van der Waals surface area contributed by atoms with Gasteiger partial charge in [0.15, 0.2) is 20.2 Å². The number of carbonyl (C=O) groups excluding carboxylic acids is 1.